The van der Waals surface area contributed by atoms with Gasteiger partial charge in [0.25, 0.3) is 0 Å². The standard InChI is InChI=1S/C9H10BrFO/c1-6(12)4-7-2-3-8(10)9(11)5-7/h2-3,5-6,12H,4H2,1H3/t6-/m0/s1. The van der Waals surface area contributed by atoms with E-state index in [2.05, 4.69) is 15.9 Å². The lowest BCUT2D eigenvalue weighted by atomic mass is 10.1. The van der Waals surface area contributed by atoms with E-state index in [1.807, 2.05) is 0 Å². The third kappa shape index (κ3) is 2.57. The van der Waals surface area contributed by atoms with Gasteiger partial charge in [-0.1, -0.05) is 6.07 Å². The van der Waals surface area contributed by atoms with Crippen LogP contribution in [-0.2, 0) is 6.42 Å². The van der Waals surface area contributed by atoms with Gasteiger partial charge in [0.05, 0.1) is 10.6 Å². The fourth-order valence-electron chi connectivity index (χ4n) is 1.01. The molecule has 1 aromatic rings. The topological polar surface area (TPSA) is 20.2 Å². The molecular formula is C9H10BrFO. The zero-order valence-corrected chi connectivity index (χ0v) is 8.31. The van der Waals surface area contributed by atoms with Crippen LogP contribution in [0.2, 0.25) is 0 Å². The van der Waals surface area contributed by atoms with Crippen molar-refractivity contribution in [3.8, 4) is 0 Å². The van der Waals surface area contributed by atoms with Gasteiger partial charge < -0.3 is 5.11 Å². The van der Waals surface area contributed by atoms with Crippen LogP contribution in [0.4, 0.5) is 4.39 Å². The summed E-state index contributed by atoms with van der Waals surface area (Å²) in [4.78, 5) is 0. The molecule has 0 fully saturated rings. The Kier molecular flexibility index (Phi) is 3.23. The van der Waals surface area contributed by atoms with Gasteiger partial charge in [-0.2, -0.15) is 0 Å². The minimum absolute atomic E-state index is 0.284. The Hall–Kier alpha value is -0.410. The highest BCUT2D eigenvalue weighted by Gasteiger charge is 2.02. The Morgan fingerprint density at radius 1 is 1.58 bits per heavy atom. The van der Waals surface area contributed by atoms with Crippen molar-refractivity contribution < 1.29 is 9.50 Å². The Morgan fingerprint density at radius 2 is 2.25 bits per heavy atom. The maximum absolute atomic E-state index is 12.9. The molecule has 0 aliphatic carbocycles. The number of hydrogen-bond acceptors (Lipinski definition) is 1. The summed E-state index contributed by atoms with van der Waals surface area (Å²) in [6.45, 7) is 1.68. The van der Waals surface area contributed by atoms with Crippen molar-refractivity contribution in [3.05, 3.63) is 34.1 Å². The van der Waals surface area contributed by atoms with Gasteiger partial charge >= 0.3 is 0 Å². The van der Waals surface area contributed by atoms with Crippen molar-refractivity contribution in [2.45, 2.75) is 19.4 Å². The molecule has 0 saturated carbocycles. The number of aliphatic hydroxyl groups is 1. The molecule has 1 atom stereocenters. The van der Waals surface area contributed by atoms with E-state index in [4.69, 9.17) is 5.11 Å². The highest BCUT2D eigenvalue weighted by molar-refractivity contribution is 9.10. The molecule has 66 valence electrons. The second kappa shape index (κ2) is 4.01. The van der Waals surface area contributed by atoms with Crippen molar-refractivity contribution in [2.24, 2.45) is 0 Å². The van der Waals surface area contributed by atoms with Gasteiger partial charge in [0.2, 0.25) is 0 Å². The first kappa shape index (κ1) is 9.68. The summed E-state index contributed by atoms with van der Waals surface area (Å²) in [5.74, 6) is -0.284. The molecule has 0 aliphatic heterocycles. The van der Waals surface area contributed by atoms with Crippen molar-refractivity contribution in [1.82, 2.24) is 0 Å². The summed E-state index contributed by atoms with van der Waals surface area (Å²) < 4.78 is 13.4. The molecule has 3 heteroatoms. The largest absolute Gasteiger partial charge is 0.393 e. The summed E-state index contributed by atoms with van der Waals surface area (Å²) in [5, 5.41) is 9.03. The van der Waals surface area contributed by atoms with Crippen LogP contribution >= 0.6 is 15.9 Å². The van der Waals surface area contributed by atoms with E-state index >= 15 is 0 Å². The molecule has 1 nitrogen and oxygen atoms in total. The van der Waals surface area contributed by atoms with Crippen molar-refractivity contribution in [3.63, 3.8) is 0 Å². The monoisotopic (exact) mass is 232 g/mol. The van der Waals surface area contributed by atoms with Gasteiger partial charge in [0, 0.05) is 0 Å². The number of rotatable bonds is 2. The maximum atomic E-state index is 12.9. The van der Waals surface area contributed by atoms with Gasteiger partial charge in [-0.3, -0.25) is 0 Å². The number of hydrogen-bond donors (Lipinski definition) is 1. The molecule has 0 saturated heterocycles. The summed E-state index contributed by atoms with van der Waals surface area (Å²) in [6.07, 6.45) is 0.0649. The van der Waals surface area contributed by atoms with E-state index in [1.54, 1.807) is 19.1 Å². The SMILES string of the molecule is C[C@H](O)Cc1ccc(Br)c(F)c1. The van der Waals surface area contributed by atoms with E-state index in [1.165, 1.54) is 6.07 Å². The van der Waals surface area contributed by atoms with Crippen LogP contribution in [0.15, 0.2) is 22.7 Å². The average Bonchev–Trinajstić information content (AvgIpc) is 1.96. The van der Waals surface area contributed by atoms with Gasteiger partial charge in [0.1, 0.15) is 5.82 Å². The molecule has 0 radical (unpaired) electrons. The van der Waals surface area contributed by atoms with Crippen LogP contribution in [0.1, 0.15) is 12.5 Å². The van der Waals surface area contributed by atoms with E-state index in [0.717, 1.165) is 5.56 Å². The molecule has 1 N–H and O–H groups in total. The predicted octanol–water partition coefficient (Wildman–Crippen LogP) is 2.51. The van der Waals surface area contributed by atoms with Crippen LogP contribution in [0.25, 0.3) is 0 Å². The minimum atomic E-state index is -0.425. The van der Waals surface area contributed by atoms with Crippen LogP contribution in [0.3, 0.4) is 0 Å². The van der Waals surface area contributed by atoms with Gasteiger partial charge in [0.15, 0.2) is 0 Å². The molecule has 0 amide bonds. The second-order valence-corrected chi connectivity index (χ2v) is 3.66. The fourth-order valence-corrected chi connectivity index (χ4v) is 1.25. The molecule has 0 aliphatic rings. The van der Waals surface area contributed by atoms with E-state index < -0.39 is 6.10 Å². The van der Waals surface area contributed by atoms with Gasteiger partial charge in [-0.05, 0) is 47.0 Å². The fraction of sp³-hybridized carbons (Fsp3) is 0.333. The molecule has 12 heavy (non-hydrogen) atoms. The van der Waals surface area contributed by atoms with Gasteiger partial charge in [-0.25, -0.2) is 4.39 Å². The summed E-state index contributed by atoms with van der Waals surface area (Å²) in [7, 11) is 0. The lowest BCUT2D eigenvalue weighted by molar-refractivity contribution is 0.195. The second-order valence-electron chi connectivity index (χ2n) is 2.80. The molecule has 0 unspecified atom stereocenters. The third-order valence-electron chi connectivity index (χ3n) is 1.52. The minimum Gasteiger partial charge on any atom is -0.393 e. The van der Waals surface area contributed by atoms with Crippen molar-refractivity contribution in [1.29, 1.82) is 0 Å². The molecule has 0 heterocycles. The van der Waals surface area contributed by atoms with E-state index in [0.29, 0.717) is 10.9 Å². The summed E-state index contributed by atoms with van der Waals surface area (Å²) in [6, 6.07) is 4.86. The Morgan fingerprint density at radius 3 is 2.75 bits per heavy atom. The van der Waals surface area contributed by atoms with Crippen LogP contribution < -0.4 is 0 Å². The molecule has 0 spiro atoms. The van der Waals surface area contributed by atoms with Crippen LogP contribution in [0.5, 0.6) is 0 Å². The first-order valence-electron chi connectivity index (χ1n) is 3.71. The Bertz CT molecular complexity index is 273. The number of benzene rings is 1. The smallest absolute Gasteiger partial charge is 0.137 e. The normalized spacial score (nSPS) is 13.0. The molecule has 0 aromatic heterocycles. The first-order chi connectivity index (χ1) is 5.59. The number of aliphatic hydroxyl groups excluding tert-OH is 1. The lowest BCUT2D eigenvalue weighted by Gasteiger charge is -2.04. The highest BCUT2D eigenvalue weighted by Crippen LogP contribution is 2.17. The first-order valence-corrected chi connectivity index (χ1v) is 4.51. The molecule has 1 aromatic carbocycles. The molecule has 0 bridgehead atoms. The zero-order chi connectivity index (χ0) is 9.14. The van der Waals surface area contributed by atoms with E-state index in [-0.39, 0.29) is 5.82 Å². The number of halogens is 2. The summed E-state index contributed by atoms with van der Waals surface area (Å²) >= 11 is 3.06. The average molecular weight is 233 g/mol. The van der Waals surface area contributed by atoms with Crippen molar-refractivity contribution >= 4 is 15.9 Å². The Balaban J connectivity index is 2.82. The molecule has 1 rings (SSSR count). The summed E-state index contributed by atoms with van der Waals surface area (Å²) in [5.41, 5.74) is 0.811. The molecular weight excluding hydrogens is 223 g/mol. The third-order valence-corrected chi connectivity index (χ3v) is 2.16. The quantitative estimate of drug-likeness (QED) is 0.832. The van der Waals surface area contributed by atoms with Gasteiger partial charge in [-0.15, -0.1) is 0 Å². The zero-order valence-electron chi connectivity index (χ0n) is 6.72. The predicted molar refractivity (Wildman–Crippen MR) is 49.5 cm³/mol. The van der Waals surface area contributed by atoms with Crippen LogP contribution in [0, 0.1) is 5.82 Å². The van der Waals surface area contributed by atoms with Crippen molar-refractivity contribution in [2.75, 3.05) is 0 Å². The highest BCUT2D eigenvalue weighted by atomic mass is 79.9. The van der Waals surface area contributed by atoms with E-state index in [9.17, 15) is 4.39 Å². The lowest BCUT2D eigenvalue weighted by Crippen LogP contribution is -2.04. The van der Waals surface area contributed by atoms with Crippen LogP contribution in [-0.4, -0.2) is 11.2 Å². The Labute approximate surface area is 79.4 Å². The maximum Gasteiger partial charge on any atom is 0.137 e.